The molecule has 2 aromatic heterocycles. The number of rotatable bonds is 18. The summed E-state index contributed by atoms with van der Waals surface area (Å²) in [5, 5.41) is 33.0. The lowest BCUT2D eigenvalue weighted by Gasteiger charge is -2.46. The SMILES string of the molecule is COC(=O)N[C@H](C(=O)N[C@@H](Cc1ccc(C#Cc2ccc(N3CC[N+]4(O)CCOC[C@H]4C3)nc2)cc1)[C@@H](O)CN(Cc1c(F)cc(-c2ccn(C(F)F)n2)cc1F)NC(=O)[C@@H](NC(=O)OC)C(C)(C)C(F)(F)F)C(C)(C)C(F)(F)F. The number of carbonyl (C=O) groups excluding carboxylic acids is 4. The summed E-state index contributed by atoms with van der Waals surface area (Å²) >= 11 is 0. The highest BCUT2D eigenvalue weighted by atomic mass is 19.4. The number of hydrazine groups is 1. The van der Waals surface area contributed by atoms with Gasteiger partial charge in [-0.2, -0.15) is 44.9 Å². The van der Waals surface area contributed by atoms with Crippen molar-refractivity contribution in [2.24, 2.45) is 10.8 Å². The molecule has 2 aromatic carbocycles. The molecule has 29 heteroatoms. The lowest BCUT2D eigenvalue weighted by molar-refractivity contribution is -1.12. The van der Waals surface area contributed by atoms with Crippen LogP contribution >= 0.6 is 0 Å². The zero-order valence-electron chi connectivity index (χ0n) is 43.9. The first-order valence-electron chi connectivity index (χ1n) is 24.5. The Labute approximate surface area is 452 Å². The first-order chi connectivity index (χ1) is 37.4. The summed E-state index contributed by atoms with van der Waals surface area (Å²) < 4.78 is 160. The third kappa shape index (κ3) is 14.7. The molecule has 0 saturated carbocycles. The number of aromatic nitrogens is 3. The van der Waals surface area contributed by atoms with Crippen LogP contribution in [-0.2, 0) is 36.8 Å². The zero-order chi connectivity index (χ0) is 59.1. The Bertz CT molecular complexity index is 2880. The largest absolute Gasteiger partial charge is 0.453 e. The van der Waals surface area contributed by atoms with Gasteiger partial charge in [0.1, 0.15) is 49.2 Å². The number of aliphatic hydroxyl groups is 1. The number of amides is 4. The van der Waals surface area contributed by atoms with E-state index in [2.05, 4.69) is 36.7 Å². The zero-order valence-corrected chi connectivity index (χ0v) is 43.9. The predicted octanol–water partition coefficient (Wildman–Crippen LogP) is 5.99. The third-order valence-corrected chi connectivity index (χ3v) is 14.0. The number of alkyl halides is 8. The molecular formula is C51H59F10N10O9+. The number of nitrogens with one attached hydrogen (secondary N) is 4. The smallest absolute Gasteiger partial charge is 0.407 e. The van der Waals surface area contributed by atoms with E-state index < -0.39 is 115 Å². The number of hydrogen-bond acceptors (Lipinski definition) is 13. The van der Waals surface area contributed by atoms with Gasteiger partial charge in [0, 0.05) is 47.7 Å². The van der Waals surface area contributed by atoms with Crippen molar-refractivity contribution in [2.75, 3.05) is 65.1 Å². The van der Waals surface area contributed by atoms with Crippen LogP contribution in [0.1, 0.15) is 56.5 Å². The molecule has 2 fully saturated rings. The standard InChI is InChI=1S/C51H58F10N10O9/c1-48(2,50(56,57)58)41(64-46(75)78-5)43(73)63-38(21-30-10-7-29(8-11-30)9-12-31-13-14-40(62-24-31)68-17-18-71(77)19-20-80-28-33(71)25-68)39(72)27-69(67-44(74)42(65-47(76)79-6)49(3,4)51(59,60)61)26-34-35(52)22-32(23-36(34)53)37-15-16-70(66-37)45(54)55/h7-8,10-11,13-16,22-24,33,38-39,41-42,45,72,77H,17-21,25-28H2,1-6H3,(H3-,63,64,65,67,73,74,75,76)/p+1/t33-,38+,39+,41-,42-,71?/m1/s1. The van der Waals surface area contributed by atoms with E-state index in [4.69, 9.17) is 4.74 Å². The van der Waals surface area contributed by atoms with Crippen LogP contribution in [0, 0.1) is 34.3 Å². The minimum absolute atomic E-state index is 0.0642. The van der Waals surface area contributed by atoms with Gasteiger partial charge in [-0.25, -0.2) is 38.3 Å². The molecule has 80 heavy (non-hydrogen) atoms. The first-order valence-corrected chi connectivity index (χ1v) is 24.5. The minimum atomic E-state index is -5.24. The van der Waals surface area contributed by atoms with E-state index in [-0.39, 0.29) is 32.2 Å². The molecule has 2 saturated heterocycles. The van der Waals surface area contributed by atoms with Crippen LogP contribution in [0.4, 0.5) is 59.3 Å². The van der Waals surface area contributed by atoms with Crippen molar-refractivity contribution in [2.45, 2.75) is 89.8 Å². The molecule has 6 rings (SSSR count). The van der Waals surface area contributed by atoms with Crippen LogP contribution < -0.4 is 26.3 Å². The number of quaternary nitrogens is 1. The monoisotopic (exact) mass is 1150 g/mol. The van der Waals surface area contributed by atoms with E-state index in [9.17, 15) is 64.6 Å². The highest BCUT2D eigenvalue weighted by molar-refractivity contribution is 5.87. The van der Waals surface area contributed by atoms with Gasteiger partial charge in [-0.1, -0.05) is 24.0 Å². The van der Waals surface area contributed by atoms with Gasteiger partial charge in [0.05, 0.1) is 62.6 Å². The van der Waals surface area contributed by atoms with E-state index in [1.807, 2.05) is 15.6 Å². The Morgan fingerprint density at radius 2 is 1.41 bits per heavy atom. The molecule has 4 amide bonds. The number of carbonyl (C=O) groups is 4. The molecule has 0 spiro atoms. The second kappa shape index (κ2) is 25.0. The van der Waals surface area contributed by atoms with Gasteiger partial charge in [0.25, 0.3) is 5.91 Å². The number of ether oxygens (including phenoxy) is 3. The fourth-order valence-electron chi connectivity index (χ4n) is 8.67. The normalized spacial score (nSPS) is 18.4. The third-order valence-electron chi connectivity index (χ3n) is 14.0. The van der Waals surface area contributed by atoms with Crippen molar-refractivity contribution in [3.05, 3.63) is 101 Å². The molecule has 6 atom stereocenters. The number of nitrogens with zero attached hydrogens (tertiary/aromatic N) is 6. The summed E-state index contributed by atoms with van der Waals surface area (Å²) in [5.41, 5.74) is -4.59. The first kappa shape index (κ1) is 61.9. The molecule has 0 aliphatic carbocycles. The Balaban J connectivity index is 1.33. The highest BCUT2D eigenvalue weighted by Gasteiger charge is 2.57. The van der Waals surface area contributed by atoms with Crippen molar-refractivity contribution in [1.82, 2.24) is 41.1 Å². The number of hydroxylamine groups is 3. The number of methoxy groups -OCH3 is 2. The fraction of sp³-hybridized carbons (Fsp3) is 0.490. The minimum Gasteiger partial charge on any atom is -0.453 e. The number of fused-ring (bicyclic) bond motifs is 1. The van der Waals surface area contributed by atoms with Crippen molar-refractivity contribution >= 4 is 29.8 Å². The number of halogens is 10. The molecule has 4 heterocycles. The van der Waals surface area contributed by atoms with Crippen LogP contribution in [0.3, 0.4) is 0 Å². The number of benzene rings is 2. The topological polar surface area (TPSA) is 222 Å². The maximum atomic E-state index is 16.0. The Morgan fingerprint density at radius 3 is 1.95 bits per heavy atom. The van der Waals surface area contributed by atoms with E-state index >= 15 is 8.78 Å². The number of pyridine rings is 1. The van der Waals surface area contributed by atoms with Gasteiger partial charge in [-0.3, -0.25) is 15.0 Å². The summed E-state index contributed by atoms with van der Waals surface area (Å²) in [6.45, 7) is -0.249. The molecule has 2 aliphatic heterocycles. The molecule has 1 unspecified atom stereocenters. The van der Waals surface area contributed by atoms with Crippen LogP contribution in [0.25, 0.3) is 11.3 Å². The van der Waals surface area contributed by atoms with Gasteiger partial charge in [-0.15, -0.1) is 0 Å². The molecule has 2 aliphatic rings. The van der Waals surface area contributed by atoms with Gasteiger partial charge < -0.3 is 40.2 Å². The summed E-state index contributed by atoms with van der Waals surface area (Å²) in [6.07, 6.45) is -13.7. The van der Waals surface area contributed by atoms with Crippen LogP contribution in [0.5, 0.6) is 0 Å². The maximum Gasteiger partial charge on any atom is 0.407 e. The number of alkyl carbamates (subject to hydrolysis) is 2. The summed E-state index contributed by atoms with van der Waals surface area (Å²) in [6, 6.07) is 4.83. The Hall–Kier alpha value is -7.26. The van der Waals surface area contributed by atoms with Crippen LogP contribution in [0.15, 0.2) is 67.0 Å². The van der Waals surface area contributed by atoms with E-state index in [0.717, 1.165) is 26.5 Å². The van der Waals surface area contributed by atoms with Crippen molar-refractivity contribution in [3.8, 4) is 23.1 Å². The molecule has 436 valence electrons. The quantitative estimate of drug-likeness (QED) is 0.0292. The van der Waals surface area contributed by atoms with Gasteiger partial charge in [0.2, 0.25) is 5.91 Å². The molecule has 0 radical (unpaired) electrons. The highest BCUT2D eigenvalue weighted by Crippen LogP contribution is 2.42. The lowest BCUT2D eigenvalue weighted by atomic mass is 9.82. The molecule has 0 bridgehead atoms. The van der Waals surface area contributed by atoms with E-state index in [1.54, 1.807) is 23.6 Å². The Morgan fingerprint density at radius 1 is 0.838 bits per heavy atom. The van der Waals surface area contributed by atoms with E-state index in [1.165, 1.54) is 24.3 Å². The molecular weight excluding hydrogens is 1090 g/mol. The van der Waals surface area contributed by atoms with Crippen molar-refractivity contribution in [3.63, 3.8) is 0 Å². The fourth-order valence-corrected chi connectivity index (χ4v) is 8.67. The number of aliphatic hydroxyl groups excluding tert-OH is 1. The molecule has 6 N–H and O–H groups in total. The molecule has 4 aromatic rings. The Kier molecular flexibility index (Phi) is 19.4. The van der Waals surface area contributed by atoms with Crippen molar-refractivity contribution < 1.29 is 92.3 Å². The van der Waals surface area contributed by atoms with Gasteiger partial charge in [-0.05, 0) is 82.1 Å². The maximum absolute atomic E-state index is 16.0. The number of piperazine rings is 1. The number of hydrogen-bond donors (Lipinski definition) is 6. The summed E-state index contributed by atoms with van der Waals surface area (Å²) in [7, 11) is 1.59. The number of morpholine rings is 1. The lowest BCUT2D eigenvalue weighted by Crippen LogP contribution is -2.68. The average molecular weight is 1150 g/mol. The summed E-state index contributed by atoms with van der Waals surface area (Å²) in [5.74, 6) is 0.493. The summed E-state index contributed by atoms with van der Waals surface area (Å²) in [4.78, 5) is 59.4. The average Bonchev–Trinajstić information content (AvgIpc) is 3.98. The predicted molar refractivity (Wildman–Crippen MR) is 263 cm³/mol. The second-order valence-corrected chi connectivity index (χ2v) is 20.2. The van der Waals surface area contributed by atoms with Crippen LogP contribution in [-0.4, -0.2) is 162 Å². The van der Waals surface area contributed by atoms with Crippen molar-refractivity contribution in [1.29, 1.82) is 0 Å². The van der Waals surface area contributed by atoms with Gasteiger partial charge in [0.15, 0.2) is 6.04 Å². The molecule has 19 nitrogen and oxygen atoms in total. The van der Waals surface area contributed by atoms with Crippen LogP contribution in [0.2, 0.25) is 0 Å². The number of anilines is 1. The van der Waals surface area contributed by atoms with Gasteiger partial charge >= 0.3 is 31.1 Å². The second-order valence-electron chi connectivity index (χ2n) is 20.2. The van der Waals surface area contributed by atoms with E-state index in [0.29, 0.717) is 101 Å².